The molecule has 0 unspecified atom stereocenters. The van der Waals surface area contributed by atoms with Gasteiger partial charge in [-0.2, -0.15) is 0 Å². The van der Waals surface area contributed by atoms with E-state index in [4.69, 9.17) is 4.42 Å². The lowest BCUT2D eigenvalue weighted by Crippen LogP contribution is -2.12. The lowest BCUT2D eigenvalue weighted by molar-refractivity contribution is 0.102. The van der Waals surface area contributed by atoms with Crippen molar-refractivity contribution in [3.8, 4) is 11.5 Å². The Morgan fingerprint density at radius 3 is 2.76 bits per heavy atom. The van der Waals surface area contributed by atoms with Crippen LogP contribution in [0.3, 0.4) is 0 Å². The molecule has 7 heteroatoms. The maximum absolute atomic E-state index is 12.1. The first-order valence-electron chi connectivity index (χ1n) is 6.04. The van der Waals surface area contributed by atoms with E-state index in [1.165, 1.54) is 0 Å². The number of aromatic nitrogens is 3. The third-order valence-electron chi connectivity index (χ3n) is 2.67. The van der Waals surface area contributed by atoms with Crippen molar-refractivity contribution in [2.75, 3.05) is 5.32 Å². The molecule has 0 saturated carbocycles. The van der Waals surface area contributed by atoms with Gasteiger partial charge < -0.3 is 4.42 Å². The Bertz CT molecular complexity index is 773. The summed E-state index contributed by atoms with van der Waals surface area (Å²) in [4.78, 5) is 16.1. The van der Waals surface area contributed by atoms with Crippen LogP contribution < -0.4 is 5.32 Å². The number of nitrogens with zero attached hydrogens (tertiary/aromatic N) is 3. The number of carbonyl (C=O) groups is 1. The number of anilines is 1. The van der Waals surface area contributed by atoms with Gasteiger partial charge in [-0.3, -0.25) is 15.1 Å². The standard InChI is InChI=1S/C14H9BrN4O2/c15-11-6-2-1-5-10(11)12(20)17-14-19-18-13(21-14)9-4-3-7-16-8-9/h1-8H,(H,17,19,20). The van der Waals surface area contributed by atoms with Crippen LogP contribution in [0.4, 0.5) is 6.01 Å². The summed E-state index contributed by atoms with van der Waals surface area (Å²) in [7, 11) is 0. The van der Waals surface area contributed by atoms with Crippen LogP contribution in [0.1, 0.15) is 10.4 Å². The summed E-state index contributed by atoms with van der Waals surface area (Å²) in [6.07, 6.45) is 3.25. The molecule has 2 aromatic heterocycles. The second-order valence-corrected chi connectivity index (χ2v) is 4.94. The van der Waals surface area contributed by atoms with Gasteiger partial charge in [-0.25, -0.2) is 0 Å². The van der Waals surface area contributed by atoms with Gasteiger partial charge in [-0.15, -0.1) is 5.10 Å². The van der Waals surface area contributed by atoms with E-state index in [1.54, 1.807) is 42.7 Å². The molecule has 2 heterocycles. The highest BCUT2D eigenvalue weighted by molar-refractivity contribution is 9.10. The van der Waals surface area contributed by atoms with Crippen molar-refractivity contribution in [3.05, 3.63) is 58.8 Å². The summed E-state index contributed by atoms with van der Waals surface area (Å²) in [5.41, 5.74) is 1.17. The molecule has 1 aromatic carbocycles. The highest BCUT2D eigenvalue weighted by Gasteiger charge is 2.14. The topological polar surface area (TPSA) is 80.9 Å². The summed E-state index contributed by atoms with van der Waals surface area (Å²) in [6.45, 7) is 0. The normalized spacial score (nSPS) is 10.3. The average Bonchev–Trinajstić information content (AvgIpc) is 2.97. The molecular formula is C14H9BrN4O2. The number of halogens is 1. The van der Waals surface area contributed by atoms with Crippen molar-refractivity contribution in [1.82, 2.24) is 15.2 Å². The van der Waals surface area contributed by atoms with Gasteiger partial charge >= 0.3 is 6.01 Å². The minimum atomic E-state index is -0.330. The monoisotopic (exact) mass is 344 g/mol. The molecule has 0 spiro atoms. The predicted octanol–water partition coefficient (Wildman–Crippen LogP) is 3.15. The van der Waals surface area contributed by atoms with Crippen LogP contribution >= 0.6 is 15.9 Å². The van der Waals surface area contributed by atoms with E-state index < -0.39 is 0 Å². The summed E-state index contributed by atoms with van der Waals surface area (Å²) in [5, 5.41) is 10.2. The molecule has 1 amide bonds. The minimum absolute atomic E-state index is 0.0367. The highest BCUT2D eigenvalue weighted by atomic mass is 79.9. The van der Waals surface area contributed by atoms with Gasteiger partial charge in [-0.1, -0.05) is 17.2 Å². The third kappa shape index (κ3) is 2.97. The van der Waals surface area contributed by atoms with E-state index in [0.717, 1.165) is 0 Å². The Labute approximate surface area is 128 Å². The first-order chi connectivity index (χ1) is 10.2. The Balaban J connectivity index is 1.79. The lowest BCUT2D eigenvalue weighted by atomic mass is 10.2. The zero-order valence-electron chi connectivity index (χ0n) is 10.7. The van der Waals surface area contributed by atoms with Crippen molar-refractivity contribution in [3.63, 3.8) is 0 Å². The number of carbonyl (C=O) groups excluding carboxylic acids is 1. The van der Waals surface area contributed by atoms with Crippen LogP contribution in [0.2, 0.25) is 0 Å². The Morgan fingerprint density at radius 2 is 2.00 bits per heavy atom. The molecule has 0 aliphatic heterocycles. The molecule has 3 rings (SSSR count). The van der Waals surface area contributed by atoms with Crippen molar-refractivity contribution < 1.29 is 9.21 Å². The first-order valence-corrected chi connectivity index (χ1v) is 6.83. The molecule has 0 aliphatic carbocycles. The molecule has 0 atom stereocenters. The second-order valence-electron chi connectivity index (χ2n) is 4.09. The number of hydrogen-bond donors (Lipinski definition) is 1. The Kier molecular flexibility index (Phi) is 3.74. The summed E-state index contributed by atoms with van der Waals surface area (Å²) in [6, 6.07) is 10.7. The SMILES string of the molecule is O=C(Nc1nnc(-c2cccnc2)o1)c1ccccc1Br. The smallest absolute Gasteiger partial charge is 0.322 e. The quantitative estimate of drug-likeness (QED) is 0.789. The number of hydrogen-bond acceptors (Lipinski definition) is 5. The number of benzene rings is 1. The van der Waals surface area contributed by atoms with E-state index in [9.17, 15) is 4.79 Å². The molecule has 0 saturated heterocycles. The minimum Gasteiger partial charge on any atom is -0.403 e. The fourth-order valence-electron chi connectivity index (χ4n) is 1.69. The predicted molar refractivity (Wildman–Crippen MR) is 79.6 cm³/mol. The maximum atomic E-state index is 12.1. The first kappa shape index (κ1) is 13.4. The molecule has 0 fully saturated rings. The third-order valence-corrected chi connectivity index (χ3v) is 3.36. The van der Waals surface area contributed by atoms with E-state index in [1.807, 2.05) is 6.07 Å². The van der Waals surface area contributed by atoms with E-state index >= 15 is 0 Å². The van der Waals surface area contributed by atoms with Crippen molar-refractivity contribution in [1.29, 1.82) is 0 Å². The number of pyridine rings is 1. The van der Waals surface area contributed by atoms with Crippen LogP contribution in [-0.4, -0.2) is 21.1 Å². The van der Waals surface area contributed by atoms with Crippen LogP contribution in [0, 0.1) is 0 Å². The zero-order valence-corrected chi connectivity index (χ0v) is 12.2. The van der Waals surface area contributed by atoms with Gasteiger partial charge in [0, 0.05) is 16.9 Å². The number of nitrogens with one attached hydrogen (secondary N) is 1. The Morgan fingerprint density at radius 1 is 1.14 bits per heavy atom. The van der Waals surface area contributed by atoms with Crippen molar-refractivity contribution in [2.24, 2.45) is 0 Å². The van der Waals surface area contributed by atoms with E-state index in [2.05, 4.69) is 36.4 Å². The molecule has 21 heavy (non-hydrogen) atoms. The lowest BCUT2D eigenvalue weighted by Gasteiger charge is -2.02. The van der Waals surface area contributed by atoms with Gasteiger partial charge in [-0.05, 0) is 40.2 Å². The van der Waals surface area contributed by atoms with Crippen LogP contribution in [0.5, 0.6) is 0 Å². The molecular weight excluding hydrogens is 336 g/mol. The molecule has 3 aromatic rings. The Hall–Kier alpha value is -2.54. The van der Waals surface area contributed by atoms with Crippen molar-refractivity contribution >= 4 is 27.9 Å². The fourth-order valence-corrected chi connectivity index (χ4v) is 2.15. The highest BCUT2D eigenvalue weighted by Crippen LogP contribution is 2.20. The maximum Gasteiger partial charge on any atom is 0.322 e. The van der Waals surface area contributed by atoms with E-state index in [-0.39, 0.29) is 11.9 Å². The van der Waals surface area contributed by atoms with Crippen LogP contribution in [0.25, 0.3) is 11.5 Å². The molecule has 0 bridgehead atoms. The van der Waals surface area contributed by atoms with Gasteiger partial charge in [0.2, 0.25) is 0 Å². The molecule has 1 N–H and O–H groups in total. The summed E-state index contributed by atoms with van der Waals surface area (Å²) >= 11 is 3.32. The van der Waals surface area contributed by atoms with Crippen molar-refractivity contribution in [2.45, 2.75) is 0 Å². The fraction of sp³-hybridized carbons (Fsp3) is 0. The van der Waals surface area contributed by atoms with Gasteiger partial charge in [0.15, 0.2) is 0 Å². The summed E-state index contributed by atoms with van der Waals surface area (Å²) in [5.74, 6) is -0.0330. The van der Waals surface area contributed by atoms with Crippen LogP contribution in [-0.2, 0) is 0 Å². The second kappa shape index (κ2) is 5.84. The molecule has 6 nitrogen and oxygen atoms in total. The number of rotatable bonds is 3. The summed E-state index contributed by atoms with van der Waals surface area (Å²) < 4.78 is 6.08. The van der Waals surface area contributed by atoms with Gasteiger partial charge in [0.05, 0.1) is 11.1 Å². The zero-order chi connectivity index (χ0) is 14.7. The largest absolute Gasteiger partial charge is 0.403 e. The average molecular weight is 345 g/mol. The molecule has 104 valence electrons. The molecule has 0 aliphatic rings. The number of amides is 1. The van der Waals surface area contributed by atoms with E-state index in [0.29, 0.717) is 21.5 Å². The molecule has 0 radical (unpaired) electrons. The van der Waals surface area contributed by atoms with Crippen LogP contribution in [0.15, 0.2) is 57.7 Å². The van der Waals surface area contributed by atoms with Gasteiger partial charge in [0.25, 0.3) is 11.8 Å². The van der Waals surface area contributed by atoms with Gasteiger partial charge in [0.1, 0.15) is 0 Å².